The molecule has 6 nitrogen and oxygen atoms in total. The lowest BCUT2D eigenvalue weighted by atomic mass is 10.3. The molecular weight excluding hydrogens is 266 g/mol. The molecule has 1 amide bonds. The summed E-state index contributed by atoms with van der Waals surface area (Å²) in [6.45, 7) is 1.68. The Morgan fingerprint density at radius 2 is 1.86 bits per heavy atom. The Labute approximate surface area is 124 Å². The van der Waals surface area contributed by atoms with Crippen LogP contribution in [0, 0.1) is 0 Å². The molecule has 0 unspecified atom stereocenters. The molecule has 21 heavy (non-hydrogen) atoms. The Bertz CT molecular complexity index is 568. The molecule has 2 rings (SSSR count). The van der Waals surface area contributed by atoms with Crippen LogP contribution in [0.2, 0.25) is 0 Å². The van der Waals surface area contributed by atoms with Crippen LogP contribution in [-0.2, 0) is 0 Å². The van der Waals surface area contributed by atoms with Crippen molar-refractivity contribution in [3.63, 3.8) is 0 Å². The SMILES string of the molecule is CN(C)CCNc1ccc(C(=O)Nc2ccccc2)nn1. The summed E-state index contributed by atoms with van der Waals surface area (Å²) in [5.41, 5.74) is 1.02. The van der Waals surface area contributed by atoms with E-state index in [2.05, 4.69) is 25.7 Å². The highest BCUT2D eigenvalue weighted by atomic mass is 16.1. The van der Waals surface area contributed by atoms with Crippen molar-refractivity contribution in [2.45, 2.75) is 0 Å². The van der Waals surface area contributed by atoms with Gasteiger partial charge in [-0.25, -0.2) is 0 Å². The van der Waals surface area contributed by atoms with Crippen molar-refractivity contribution in [2.24, 2.45) is 0 Å². The van der Waals surface area contributed by atoms with Crippen LogP contribution >= 0.6 is 0 Å². The van der Waals surface area contributed by atoms with Crippen LogP contribution < -0.4 is 10.6 Å². The second-order valence-corrected chi connectivity index (χ2v) is 4.85. The number of rotatable bonds is 6. The number of likely N-dealkylation sites (N-methyl/N-ethyl adjacent to an activating group) is 1. The Balaban J connectivity index is 1.91. The maximum atomic E-state index is 12.0. The number of hydrogen-bond donors (Lipinski definition) is 2. The van der Waals surface area contributed by atoms with E-state index in [-0.39, 0.29) is 11.6 Å². The van der Waals surface area contributed by atoms with Gasteiger partial charge in [0.25, 0.3) is 5.91 Å². The molecule has 0 fully saturated rings. The van der Waals surface area contributed by atoms with Crippen LogP contribution in [0.4, 0.5) is 11.5 Å². The standard InChI is InChI=1S/C15H19N5O/c1-20(2)11-10-16-14-9-8-13(18-19-14)15(21)17-12-6-4-3-5-7-12/h3-9H,10-11H2,1-2H3,(H,16,19)(H,17,21). The van der Waals surface area contributed by atoms with E-state index in [4.69, 9.17) is 0 Å². The predicted molar refractivity (Wildman–Crippen MR) is 83.5 cm³/mol. The van der Waals surface area contributed by atoms with Crippen molar-refractivity contribution in [3.05, 3.63) is 48.2 Å². The van der Waals surface area contributed by atoms with Gasteiger partial charge in [0.1, 0.15) is 5.82 Å². The molecule has 2 aromatic rings. The lowest BCUT2D eigenvalue weighted by Crippen LogP contribution is -2.21. The Morgan fingerprint density at radius 3 is 2.48 bits per heavy atom. The first kappa shape index (κ1) is 14.9. The largest absolute Gasteiger partial charge is 0.367 e. The Kier molecular flexibility index (Phi) is 5.22. The normalized spacial score (nSPS) is 10.4. The number of benzene rings is 1. The van der Waals surface area contributed by atoms with Gasteiger partial charge in [-0.3, -0.25) is 4.79 Å². The molecule has 0 spiro atoms. The van der Waals surface area contributed by atoms with Gasteiger partial charge in [0.15, 0.2) is 5.69 Å². The summed E-state index contributed by atoms with van der Waals surface area (Å²) in [4.78, 5) is 14.1. The fourth-order valence-electron chi connectivity index (χ4n) is 1.67. The van der Waals surface area contributed by atoms with Crippen LogP contribution in [0.25, 0.3) is 0 Å². The molecule has 0 saturated carbocycles. The molecule has 2 N–H and O–H groups in total. The highest BCUT2D eigenvalue weighted by molar-refractivity contribution is 6.02. The van der Waals surface area contributed by atoms with E-state index < -0.39 is 0 Å². The van der Waals surface area contributed by atoms with Crippen molar-refractivity contribution in [3.8, 4) is 0 Å². The van der Waals surface area contributed by atoms with Crippen molar-refractivity contribution in [1.82, 2.24) is 15.1 Å². The number of aromatic nitrogens is 2. The smallest absolute Gasteiger partial charge is 0.276 e. The first-order chi connectivity index (χ1) is 10.1. The number of para-hydroxylation sites is 1. The molecule has 1 aromatic carbocycles. The van der Waals surface area contributed by atoms with Crippen LogP contribution in [-0.4, -0.2) is 48.2 Å². The maximum Gasteiger partial charge on any atom is 0.276 e. The maximum absolute atomic E-state index is 12.0. The Morgan fingerprint density at radius 1 is 1.10 bits per heavy atom. The lowest BCUT2D eigenvalue weighted by molar-refractivity contribution is 0.102. The minimum Gasteiger partial charge on any atom is -0.367 e. The summed E-state index contributed by atoms with van der Waals surface area (Å²) >= 11 is 0. The zero-order chi connectivity index (χ0) is 15.1. The van der Waals surface area contributed by atoms with Gasteiger partial charge >= 0.3 is 0 Å². The minimum atomic E-state index is -0.270. The van der Waals surface area contributed by atoms with Crippen molar-refractivity contribution >= 4 is 17.4 Å². The van der Waals surface area contributed by atoms with Gasteiger partial charge in [0, 0.05) is 18.8 Å². The predicted octanol–water partition coefficient (Wildman–Crippen LogP) is 1.70. The lowest BCUT2D eigenvalue weighted by Gasteiger charge is -2.10. The van der Waals surface area contributed by atoms with E-state index in [9.17, 15) is 4.79 Å². The van der Waals surface area contributed by atoms with Crippen molar-refractivity contribution < 1.29 is 4.79 Å². The topological polar surface area (TPSA) is 70.2 Å². The third kappa shape index (κ3) is 4.85. The molecule has 110 valence electrons. The number of carbonyl (C=O) groups excluding carboxylic acids is 1. The summed E-state index contributed by atoms with van der Waals surface area (Å²) in [7, 11) is 4.01. The zero-order valence-corrected chi connectivity index (χ0v) is 12.2. The molecule has 1 heterocycles. The van der Waals surface area contributed by atoms with Gasteiger partial charge in [-0.05, 0) is 38.4 Å². The van der Waals surface area contributed by atoms with Crippen molar-refractivity contribution in [2.75, 3.05) is 37.8 Å². The highest BCUT2D eigenvalue weighted by Crippen LogP contribution is 2.08. The third-order valence-electron chi connectivity index (χ3n) is 2.79. The average Bonchev–Trinajstić information content (AvgIpc) is 2.48. The molecule has 0 aliphatic heterocycles. The van der Waals surface area contributed by atoms with E-state index in [1.165, 1.54) is 0 Å². The number of anilines is 2. The second kappa shape index (κ2) is 7.35. The first-order valence-electron chi connectivity index (χ1n) is 6.74. The van der Waals surface area contributed by atoms with Crippen LogP contribution in [0.15, 0.2) is 42.5 Å². The quantitative estimate of drug-likeness (QED) is 0.845. The van der Waals surface area contributed by atoms with Gasteiger partial charge in [-0.1, -0.05) is 18.2 Å². The van der Waals surface area contributed by atoms with Gasteiger partial charge in [-0.15, -0.1) is 10.2 Å². The van der Waals surface area contributed by atoms with Crippen LogP contribution in [0.3, 0.4) is 0 Å². The Hall–Kier alpha value is -2.47. The van der Waals surface area contributed by atoms with E-state index in [1.54, 1.807) is 12.1 Å². The van der Waals surface area contributed by atoms with E-state index >= 15 is 0 Å². The van der Waals surface area contributed by atoms with E-state index in [0.29, 0.717) is 5.82 Å². The average molecular weight is 285 g/mol. The highest BCUT2D eigenvalue weighted by Gasteiger charge is 2.08. The minimum absolute atomic E-state index is 0.270. The van der Waals surface area contributed by atoms with E-state index in [1.807, 2.05) is 44.4 Å². The van der Waals surface area contributed by atoms with Gasteiger partial charge in [0.05, 0.1) is 0 Å². The summed E-state index contributed by atoms with van der Waals surface area (Å²) in [5.74, 6) is 0.390. The monoisotopic (exact) mass is 285 g/mol. The summed E-state index contributed by atoms with van der Waals surface area (Å²) < 4.78 is 0. The second-order valence-electron chi connectivity index (χ2n) is 4.85. The van der Waals surface area contributed by atoms with Gasteiger partial charge in [0.2, 0.25) is 0 Å². The van der Waals surface area contributed by atoms with Crippen LogP contribution in [0.1, 0.15) is 10.5 Å². The van der Waals surface area contributed by atoms with E-state index in [0.717, 1.165) is 18.8 Å². The summed E-state index contributed by atoms with van der Waals surface area (Å²) in [6.07, 6.45) is 0. The number of carbonyl (C=O) groups is 1. The van der Waals surface area contributed by atoms with Gasteiger partial charge < -0.3 is 15.5 Å². The number of amides is 1. The molecule has 0 radical (unpaired) electrons. The van der Waals surface area contributed by atoms with Crippen molar-refractivity contribution in [1.29, 1.82) is 0 Å². The molecule has 0 aliphatic rings. The molecule has 1 aromatic heterocycles. The molecule has 6 heteroatoms. The number of nitrogens with zero attached hydrogens (tertiary/aromatic N) is 3. The first-order valence-corrected chi connectivity index (χ1v) is 6.74. The number of hydrogen-bond acceptors (Lipinski definition) is 5. The van der Waals surface area contributed by atoms with Gasteiger partial charge in [-0.2, -0.15) is 0 Å². The number of nitrogens with one attached hydrogen (secondary N) is 2. The molecular formula is C15H19N5O. The molecule has 0 bridgehead atoms. The molecule has 0 saturated heterocycles. The van der Waals surface area contributed by atoms with Crippen LogP contribution in [0.5, 0.6) is 0 Å². The summed E-state index contributed by atoms with van der Waals surface area (Å²) in [6, 6.07) is 12.7. The third-order valence-corrected chi connectivity index (χ3v) is 2.79. The fraction of sp³-hybridized carbons (Fsp3) is 0.267. The zero-order valence-electron chi connectivity index (χ0n) is 12.2. The fourth-order valence-corrected chi connectivity index (χ4v) is 1.67. The summed E-state index contributed by atoms with van der Waals surface area (Å²) in [5, 5.41) is 13.8. The molecule has 0 aliphatic carbocycles. The molecule has 0 atom stereocenters.